The second-order valence-corrected chi connectivity index (χ2v) is 3.12. The molecule has 0 radical (unpaired) electrons. The van der Waals surface area contributed by atoms with E-state index in [0.29, 0.717) is 18.5 Å². The van der Waals surface area contributed by atoms with Crippen molar-refractivity contribution in [3.05, 3.63) is 35.6 Å². The Balaban J connectivity index is 2.53. The van der Waals surface area contributed by atoms with Crippen LogP contribution in [0.15, 0.2) is 34.3 Å². The van der Waals surface area contributed by atoms with Gasteiger partial charge >= 0.3 is 0 Å². The highest BCUT2D eigenvalue weighted by atomic mass is 19.1. The summed E-state index contributed by atoms with van der Waals surface area (Å²) in [4.78, 5) is 7.42. The summed E-state index contributed by atoms with van der Waals surface area (Å²) in [6.45, 7) is 0.337. The van der Waals surface area contributed by atoms with Crippen LogP contribution in [0.2, 0.25) is 0 Å². The predicted octanol–water partition coefficient (Wildman–Crippen LogP) is -0.0437. The number of benzene rings is 1. The van der Waals surface area contributed by atoms with Gasteiger partial charge in [0.2, 0.25) is 5.96 Å². The van der Waals surface area contributed by atoms with Crippen LogP contribution in [0.4, 0.5) is 4.39 Å². The van der Waals surface area contributed by atoms with Crippen molar-refractivity contribution < 1.29 is 4.39 Å². The standard InChI is InChI=1S/C10H14FN5/c11-8-4-2-1-3-7(8)5-6-15-10(14)16-9(12)13/h1-4H,5-6H2,(H6,12,13,14,15,16). The van der Waals surface area contributed by atoms with Gasteiger partial charge in [0.25, 0.3) is 0 Å². The van der Waals surface area contributed by atoms with Crippen LogP contribution in [0.3, 0.4) is 0 Å². The summed E-state index contributed by atoms with van der Waals surface area (Å²) in [5, 5.41) is 0. The van der Waals surface area contributed by atoms with E-state index in [1.807, 2.05) is 0 Å². The number of nitrogens with two attached hydrogens (primary N) is 3. The van der Waals surface area contributed by atoms with Crippen molar-refractivity contribution in [1.82, 2.24) is 0 Å². The molecule has 0 saturated carbocycles. The molecule has 0 unspecified atom stereocenters. The molecule has 0 fully saturated rings. The fourth-order valence-corrected chi connectivity index (χ4v) is 1.16. The van der Waals surface area contributed by atoms with Gasteiger partial charge in [0.15, 0.2) is 5.96 Å². The van der Waals surface area contributed by atoms with Crippen molar-refractivity contribution in [3.8, 4) is 0 Å². The SMILES string of the molecule is NC(N)=NC(N)=NCCc1ccccc1F. The third kappa shape index (κ3) is 3.95. The van der Waals surface area contributed by atoms with E-state index >= 15 is 0 Å². The molecule has 1 aromatic rings. The molecule has 0 aliphatic heterocycles. The number of halogens is 1. The maximum atomic E-state index is 13.2. The van der Waals surface area contributed by atoms with Crippen molar-refractivity contribution in [3.63, 3.8) is 0 Å². The van der Waals surface area contributed by atoms with Crippen molar-refractivity contribution in [1.29, 1.82) is 0 Å². The molecule has 0 heterocycles. The molecule has 0 atom stereocenters. The van der Waals surface area contributed by atoms with Gasteiger partial charge in [0, 0.05) is 6.54 Å². The van der Waals surface area contributed by atoms with Gasteiger partial charge in [-0.15, -0.1) is 0 Å². The highest BCUT2D eigenvalue weighted by Crippen LogP contribution is 2.06. The lowest BCUT2D eigenvalue weighted by Crippen LogP contribution is -2.26. The first kappa shape index (κ1) is 12.0. The number of rotatable bonds is 3. The lowest BCUT2D eigenvalue weighted by Gasteiger charge is -2.00. The summed E-state index contributed by atoms with van der Waals surface area (Å²) < 4.78 is 13.2. The molecular weight excluding hydrogens is 209 g/mol. The second-order valence-electron chi connectivity index (χ2n) is 3.12. The first-order chi connectivity index (χ1) is 7.59. The van der Waals surface area contributed by atoms with Crippen LogP contribution in [0, 0.1) is 5.82 Å². The van der Waals surface area contributed by atoms with Crippen LogP contribution >= 0.6 is 0 Å². The lowest BCUT2D eigenvalue weighted by atomic mass is 10.1. The number of nitrogens with zero attached hydrogens (tertiary/aromatic N) is 2. The van der Waals surface area contributed by atoms with Crippen molar-refractivity contribution in [2.24, 2.45) is 27.2 Å². The summed E-state index contributed by atoms with van der Waals surface area (Å²) in [5.74, 6) is -0.401. The molecular formula is C10H14FN5. The van der Waals surface area contributed by atoms with Gasteiger partial charge in [0.1, 0.15) is 5.82 Å². The van der Waals surface area contributed by atoms with E-state index in [2.05, 4.69) is 9.98 Å². The van der Waals surface area contributed by atoms with Gasteiger partial charge in [-0.25, -0.2) is 4.39 Å². The summed E-state index contributed by atoms with van der Waals surface area (Å²) >= 11 is 0. The number of hydrogen-bond donors (Lipinski definition) is 3. The molecule has 6 N–H and O–H groups in total. The number of guanidine groups is 2. The quantitative estimate of drug-likeness (QED) is 0.494. The molecule has 0 aliphatic rings. The minimum atomic E-state index is -0.252. The lowest BCUT2D eigenvalue weighted by molar-refractivity contribution is 0.609. The molecule has 0 aliphatic carbocycles. The van der Waals surface area contributed by atoms with E-state index in [4.69, 9.17) is 17.2 Å². The smallest absolute Gasteiger partial charge is 0.218 e. The fourth-order valence-electron chi connectivity index (χ4n) is 1.16. The maximum absolute atomic E-state index is 13.2. The molecule has 0 bridgehead atoms. The van der Waals surface area contributed by atoms with E-state index < -0.39 is 0 Å². The van der Waals surface area contributed by atoms with E-state index in [9.17, 15) is 4.39 Å². The molecule has 16 heavy (non-hydrogen) atoms. The second kappa shape index (κ2) is 5.69. The Morgan fingerprint density at radius 2 is 1.88 bits per heavy atom. The van der Waals surface area contributed by atoms with Gasteiger partial charge in [0.05, 0.1) is 0 Å². The van der Waals surface area contributed by atoms with Crippen LogP contribution in [-0.2, 0) is 6.42 Å². The van der Waals surface area contributed by atoms with E-state index in [0.717, 1.165) is 0 Å². The highest BCUT2D eigenvalue weighted by Gasteiger charge is 1.99. The number of aliphatic imine (C=N–C) groups is 2. The van der Waals surface area contributed by atoms with Gasteiger partial charge < -0.3 is 17.2 Å². The van der Waals surface area contributed by atoms with E-state index in [1.165, 1.54) is 6.07 Å². The van der Waals surface area contributed by atoms with Crippen molar-refractivity contribution in [2.75, 3.05) is 6.54 Å². The zero-order valence-electron chi connectivity index (χ0n) is 8.73. The normalized spacial score (nSPS) is 11.2. The van der Waals surface area contributed by atoms with Crippen LogP contribution < -0.4 is 17.2 Å². The van der Waals surface area contributed by atoms with Gasteiger partial charge in [-0.05, 0) is 18.1 Å². The largest absolute Gasteiger partial charge is 0.370 e. The molecule has 6 heteroatoms. The highest BCUT2D eigenvalue weighted by molar-refractivity contribution is 5.92. The van der Waals surface area contributed by atoms with Crippen molar-refractivity contribution in [2.45, 2.75) is 6.42 Å². The Morgan fingerprint density at radius 1 is 1.19 bits per heavy atom. The molecule has 86 valence electrons. The summed E-state index contributed by atoms with van der Waals surface area (Å²) in [5.41, 5.74) is 16.2. The summed E-state index contributed by atoms with van der Waals surface area (Å²) in [7, 11) is 0. The molecule has 0 saturated heterocycles. The zero-order valence-corrected chi connectivity index (χ0v) is 8.73. The minimum Gasteiger partial charge on any atom is -0.370 e. The average molecular weight is 223 g/mol. The Bertz CT molecular complexity index is 409. The Labute approximate surface area is 92.9 Å². The zero-order chi connectivity index (χ0) is 12.0. The van der Waals surface area contributed by atoms with Gasteiger partial charge in [-0.1, -0.05) is 18.2 Å². The molecule has 0 aromatic heterocycles. The van der Waals surface area contributed by atoms with E-state index in [1.54, 1.807) is 18.2 Å². The Kier molecular flexibility index (Phi) is 4.26. The van der Waals surface area contributed by atoms with Gasteiger partial charge in [-0.2, -0.15) is 4.99 Å². The molecule has 1 rings (SSSR count). The topological polar surface area (TPSA) is 103 Å². The van der Waals surface area contributed by atoms with Crippen LogP contribution in [0.25, 0.3) is 0 Å². The summed E-state index contributed by atoms with van der Waals surface area (Å²) in [6.07, 6.45) is 0.452. The third-order valence-electron chi connectivity index (χ3n) is 1.86. The predicted molar refractivity (Wildman–Crippen MR) is 62.4 cm³/mol. The first-order valence-electron chi connectivity index (χ1n) is 4.72. The Morgan fingerprint density at radius 3 is 2.50 bits per heavy atom. The third-order valence-corrected chi connectivity index (χ3v) is 1.86. The Hall–Kier alpha value is -2.11. The van der Waals surface area contributed by atoms with E-state index in [-0.39, 0.29) is 17.7 Å². The van der Waals surface area contributed by atoms with Crippen LogP contribution in [-0.4, -0.2) is 18.5 Å². The molecule has 0 spiro atoms. The maximum Gasteiger partial charge on any atom is 0.218 e. The number of hydrogen-bond acceptors (Lipinski definition) is 1. The van der Waals surface area contributed by atoms with Crippen LogP contribution in [0.5, 0.6) is 0 Å². The molecule has 5 nitrogen and oxygen atoms in total. The van der Waals surface area contributed by atoms with Crippen molar-refractivity contribution >= 4 is 11.9 Å². The molecule has 1 aromatic carbocycles. The van der Waals surface area contributed by atoms with Gasteiger partial charge in [-0.3, -0.25) is 4.99 Å². The fraction of sp³-hybridized carbons (Fsp3) is 0.200. The molecule has 0 amide bonds. The monoisotopic (exact) mass is 223 g/mol. The minimum absolute atomic E-state index is 0.00339. The summed E-state index contributed by atoms with van der Waals surface area (Å²) in [6, 6.07) is 6.50. The first-order valence-corrected chi connectivity index (χ1v) is 4.72. The average Bonchev–Trinajstić information content (AvgIpc) is 2.19. The van der Waals surface area contributed by atoms with Crippen LogP contribution in [0.1, 0.15) is 5.56 Å².